The number of benzene rings is 2. The number of hydrogen-bond donors (Lipinski definition) is 2. The number of rotatable bonds is 10. The normalized spacial score (nSPS) is 16.9. The monoisotopic (exact) mass is 489 g/mol. The van der Waals surface area contributed by atoms with Crippen LogP contribution in [0.1, 0.15) is 34.3 Å². The highest BCUT2D eigenvalue weighted by Crippen LogP contribution is 2.18. The molecule has 0 bridgehead atoms. The van der Waals surface area contributed by atoms with E-state index in [2.05, 4.69) is 5.32 Å². The average molecular weight is 490 g/mol. The Labute approximate surface area is 207 Å². The molecule has 1 fully saturated rings. The molecule has 1 aromatic heterocycles. The number of aryl methyl sites for hydroxylation is 1. The largest absolute Gasteiger partial charge is 0.433 e. The first kappa shape index (κ1) is 24.9. The third kappa shape index (κ3) is 6.25. The first-order valence-electron chi connectivity index (χ1n) is 11.6. The molecule has 3 N–H and O–H groups in total. The van der Waals surface area contributed by atoms with Crippen molar-refractivity contribution in [2.75, 3.05) is 5.73 Å². The smallest absolute Gasteiger partial charge is 0.310 e. The van der Waals surface area contributed by atoms with Gasteiger partial charge in [-0.25, -0.2) is 0 Å². The van der Waals surface area contributed by atoms with Crippen molar-refractivity contribution in [1.82, 2.24) is 9.88 Å². The van der Waals surface area contributed by atoms with Crippen LogP contribution in [0, 0.1) is 0 Å². The summed E-state index contributed by atoms with van der Waals surface area (Å²) in [5.41, 5.74) is 7.09. The first-order chi connectivity index (χ1) is 17.4. The number of amides is 1. The van der Waals surface area contributed by atoms with Crippen molar-refractivity contribution in [1.29, 1.82) is 0 Å². The second kappa shape index (κ2) is 11.5. The Hall–Kier alpha value is -4.24. The zero-order valence-electron chi connectivity index (χ0n) is 19.6. The standard InChI is InChI=1S/C27H27N3O6/c28-20-13-14-30(26(34)25(20)22(31)12-11-18-7-3-1-4-8-18)16-23(32)29-21-15-24(33)36-27(21)35-17-19-9-5-2-6-10-19/h1-10,13-14,21,27H,11-12,15-17,28H2,(H,29,32). The van der Waals surface area contributed by atoms with E-state index in [1.54, 1.807) is 0 Å². The van der Waals surface area contributed by atoms with E-state index in [4.69, 9.17) is 15.2 Å². The number of esters is 1. The van der Waals surface area contributed by atoms with Crippen LogP contribution in [-0.4, -0.2) is 34.6 Å². The molecule has 186 valence electrons. The molecule has 4 rings (SSSR count). The van der Waals surface area contributed by atoms with Crippen LogP contribution in [-0.2, 0) is 38.6 Å². The van der Waals surface area contributed by atoms with Crippen LogP contribution in [0.5, 0.6) is 0 Å². The topological polar surface area (TPSA) is 130 Å². The zero-order chi connectivity index (χ0) is 25.5. The van der Waals surface area contributed by atoms with Gasteiger partial charge in [0, 0.05) is 18.3 Å². The molecule has 0 radical (unpaired) electrons. The fourth-order valence-electron chi connectivity index (χ4n) is 3.99. The van der Waals surface area contributed by atoms with E-state index in [0.717, 1.165) is 15.7 Å². The molecule has 9 heteroatoms. The molecular formula is C27H27N3O6. The van der Waals surface area contributed by atoms with E-state index in [-0.39, 0.29) is 43.0 Å². The number of anilines is 1. The lowest BCUT2D eigenvalue weighted by Crippen LogP contribution is -2.44. The Morgan fingerprint density at radius 3 is 2.36 bits per heavy atom. The van der Waals surface area contributed by atoms with Crippen LogP contribution >= 0.6 is 0 Å². The number of nitrogens with two attached hydrogens (primary N) is 1. The van der Waals surface area contributed by atoms with Gasteiger partial charge in [-0.2, -0.15) is 0 Å². The van der Waals surface area contributed by atoms with Crippen molar-refractivity contribution in [2.24, 2.45) is 0 Å². The van der Waals surface area contributed by atoms with Gasteiger partial charge in [-0.15, -0.1) is 0 Å². The fourth-order valence-corrected chi connectivity index (χ4v) is 3.99. The van der Waals surface area contributed by atoms with Crippen LogP contribution in [0.25, 0.3) is 0 Å². The minimum absolute atomic E-state index is 0.0505. The van der Waals surface area contributed by atoms with E-state index in [1.165, 1.54) is 12.3 Å². The number of hydrogen-bond acceptors (Lipinski definition) is 7. The molecule has 2 unspecified atom stereocenters. The first-order valence-corrected chi connectivity index (χ1v) is 11.6. The summed E-state index contributed by atoms with van der Waals surface area (Å²) in [6.45, 7) is -0.148. The maximum Gasteiger partial charge on any atom is 0.310 e. The van der Waals surface area contributed by atoms with Crippen molar-refractivity contribution in [3.8, 4) is 0 Å². The number of nitrogens with one attached hydrogen (secondary N) is 1. The molecule has 2 aromatic carbocycles. The molecule has 36 heavy (non-hydrogen) atoms. The quantitative estimate of drug-likeness (QED) is 0.330. The summed E-state index contributed by atoms with van der Waals surface area (Å²) in [5, 5.41) is 2.70. The van der Waals surface area contributed by atoms with E-state index < -0.39 is 29.8 Å². The lowest BCUT2D eigenvalue weighted by atomic mass is 10.0. The van der Waals surface area contributed by atoms with Crippen LogP contribution in [0.15, 0.2) is 77.7 Å². The van der Waals surface area contributed by atoms with Gasteiger partial charge in [0.15, 0.2) is 5.78 Å². The molecule has 1 saturated heterocycles. The summed E-state index contributed by atoms with van der Waals surface area (Å²) in [6.07, 6.45) is 0.950. The Morgan fingerprint density at radius 2 is 1.67 bits per heavy atom. The Kier molecular flexibility index (Phi) is 7.92. The summed E-state index contributed by atoms with van der Waals surface area (Å²) in [4.78, 5) is 50.3. The third-order valence-electron chi connectivity index (χ3n) is 5.84. The maximum absolute atomic E-state index is 13.0. The number of carbonyl (C=O) groups excluding carboxylic acids is 3. The molecule has 2 atom stereocenters. The van der Waals surface area contributed by atoms with Gasteiger partial charge in [0.2, 0.25) is 12.2 Å². The molecule has 1 aliphatic rings. The van der Waals surface area contributed by atoms with E-state index in [1.807, 2.05) is 60.7 Å². The van der Waals surface area contributed by atoms with Gasteiger partial charge >= 0.3 is 5.97 Å². The average Bonchev–Trinajstić information content (AvgIpc) is 3.23. The third-order valence-corrected chi connectivity index (χ3v) is 5.84. The molecule has 3 aromatic rings. The summed E-state index contributed by atoms with van der Waals surface area (Å²) in [6, 6.07) is 19.5. The molecule has 0 aliphatic carbocycles. The number of cyclic esters (lactones) is 1. The molecular weight excluding hydrogens is 462 g/mol. The predicted molar refractivity (Wildman–Crippen MR) is 132 cm³/mol. The summed E-state index contributed by atoms with van der Waals surface area (Å²) in [5.74, 6) is -1.41. The van der Waals surface area contributed by atoms with Gasteiger partial charge < -0.3 is 25.1 Å². The summed E-state index contributed by atoms with van der Waals surface area (Å²) < 4.78 is 12.0. The molecule has 0 spiro atoms. The minimum Gasteiger partial charge on any atom is -0.433 e. The number of pyridine rings is 1. The summed E-state index contributed by atoms with van der Waals surface area (Å²) >= 11 is 0. The molecule has 2 heterocycles. The fraction of sp³-hybridized carbons (Fsp3) is 0.259. The van der Waals surface area contributed by atoms with Crippen LogP contribution in [0.3, 0.4) is 0 Å². The van der Waals surface area contributed by atoms with E-state index in [9.17, 15) is 19.2 Å². The SMILES string of the molecule is Nc1ccn(CC(=O)NC2CC(=O)OC2OCc2ccccc2)c(=O)c1C(=O)CCc1ccccc1. The second-order valence-corrected chi connectivity index (χ2v) is 8.52. The number of Topliss-reactive ketones (excluding diaryl/α,β-unsaturated/α-hetero) is 1. The van der Waals surface area contributed by atoms with Crippen LogP contribution < -0.4 is 16.6 Å². The molecule has 0 saturated carbocycles. The Morgan fingerprint density at radius 1 is 1.00 bits per heavy atom. The number of nitrogens with zero attached hydrogens (tertiary/aromatic N) is 1. The highest BCUT2D eigenvalue weighted by atomic mass is 16.7. The number of ether oxygens (including phenoxy) is 2. The van der Waals surface area contributed by atoms with Crippen molar-refractivity contribution < 1.29 is 23.9 Å². The lowest BCUT2D eigenvalue weighted by molar-refractivity contribution is -0.168. The maximum atomic E-state index is 13.0. The van der Waals surface area contributed by atoms with Gasteiger partial charge in [0.25, 0.3) is 5.56 Å². The highest BCUT2D eigenvalue weighted by Gasteiger charge is 2.36. The summed E-state index contributed by atoms with van der Waals surface area (Å²) in [7, 11) is 0. The molecule has 1 aliphatic heterocycles. The van der Waals surface area contributed by atoms with Gasteiger partial charge in [-0.1, -0.05) is 60.7 Å². The van der Waals surface area contributed by atoms with E-state index in [0.29, 0.717) is 6.42 Å². The number of nitrogen functional groups attached to an aromatic ring is 1. The zero-order valence-corrected chi connectivity index (χ0v) is 19.6. The number of aromatic nitrogens is 1. The number of carbonyl (C=O) groups is 3. The Balaban J connectivity index is 1.38. The van der Waals surface area contributed by atoms with Gasteiger partial charge in [-0.05, 0) is 23.6 Å². The predicted octanol–water partition coefficient (Wildman–Crippen LogP) is 2.22. The van der Waals surface area contributed by atoms with Gasteiger partial charge in [-0.3, -0.25) is 19.2 Å². The number of ketones is 1. The molecule has 1 amide bonds. The van der Waals surface area contributed by atoms with Crippen molar-refractivity contribution >= 4 is 23.3 Å². The van der Waals surface area contributed by atoms with E-state index >= 15 is 0 Å². The van der Waals surface area contributed by atoms with Crippen molar-refractivity contribution in [2.45, 2.75) is 44.7 Å². The van der Waals surface area contributed by atoms with Gasteiger partial charge in [0.1, 0.15) is 18.2 Å². The van der Waals surface area contributed by atoms with Gasteiger partial charge in [0.05, 0.1) is 13.0 Å². The van der Waals surface area contributed by atoms with Crippen molar-refractivity contribution in [3.05, 3.63) is 100.0 Å². The lowest BCUT2D eigenvalue weighted by Gasteiger charge is -2.19. The van der Waals surface area contributed by atoms with Crippen molar-refractivity contribution in [3.63, 3.8) is 0 Å². The minimum atomic E-state index is -0.945. The van der Waals surface area contributed by atoms with Crippen LogP contribution in [0.4, 0.5) is 5.69 Å². The second-order valence-electron chi connectivity index (χ2n) is 8.52. The highest BCUT2D eigenvalue weighted by molar-refractivity contribution is 6.00. The Bertz CT molecular complexity index is 1290. The molecule has 9 nitrogen and oxygen atoms in total. The van der Waals surface area contributed by atoms with Crippen LogP contribution in [0.2, 0.25) is 0 Å².